The quantitative estimate of drug-likeness (QED) is 0.747. The number of rotatable bonds is 3. The summed E-state index contributed by atoms with van der Waals surface area (Å²) in [6, 6.07) is 9.35. The minimum absolute atomic E-state index is 0.138. The van der Waals surface area contributed by atoms with E-state index in [1.165, 1.54) is 19.3 Å². The number of nitrogens with zero attached hydrogens (tertiary/aromatic N) is 2. The first-order chi connectivity index (χ1) is 11.2. The number of aromatic nitrogens is 1. The Morgan fingerprint density at radius 1 is 1.26 bits per heavy atom. The molecule has 1 amide bonds. The summed E-state index contributed by atoms with van der Waals surface area (Å²) in [5, 5.41) is 1.44. The average Bonchev–Trinajstić information content (AvgIpc) is 2.80. The maximum atomic E-state index is 12.8. The first-order valence-electron chi connectivity index (χ1n) is 8.53. The molecule has 1 unspecified atom stereocenters. The van der Waals surface area contributed by atoms with Crippen molar-refractivity contribution in [3.05, 3.63) is 41.0 Å². The minimum Gasteiger partial charge on any atom is -0.339 e. The SMILES string of the molecule is CCCC1CCCN(C(=O)c2ccc3nc(Cl)ccc3c2)CC1. The summed E-state index contributed by atoms with van der Waals surface area (Å²) < 4.78 is 0. The minimum atomic E-state index is 0.138. The molecule has 1 aromatic carbocycles. The molecule has 1 aromatic heterocycles. The van der Waals surface area contributed by atoms with Gasteiger partial charge in [0, 0.05) is 24.0 Å². The molecule has 0 spiro atoms. The summed E-state index contributed by atoms with van der Waals surface area (Å²) in [5.41, 5.74) is 1.57. The Morgan fingerprint density at radius 2 is 2.13 bits per heavy atom. The number of likely N-dealkylation sites (tertiary alicyclic amines) is 1. The fourth-order valence-corrected chi connectivity index (χ4v) is 3.64. The van der Waals surface area contributed by atoms with Gasteiger partial charge in [0.15, 0.2) is 0 Å². The van der Waals surface area contributed by atoms with Gasteiger partial charge >= 0.3 is 0 Å². The number of amides is 1. The molecule has 1 aliphatic rings. The summed E-state index contributed by atoms with van der Waals surface area (Å²) in [6.07, 6.45) is 6.01. The van der Waals surface area contributed by atoms with E-state index in [1.807, 2.05) is 29.2 Å². The predicted molar refractivity (Wildman–Crippen MR) is 94.9 cm³/mol. The molecule has 0 N–H and O–H groups in total. The van der Waals surface area contributed by atoms with Crippen molar-refractivity contribution >= 4 is 28.4 Å². The van der Waals surface area contributed by atoms with E-state index in [0.29, 0.717) is 5.15 Å². The van der Waals surface area contributed by atoms with Crippen molar-refractivity contribution in [3.63, 3.8) is 0 Å². The van der Waals surface area contributed by atoms with Crippen LogP contribution in [0.2, 0.25) is 5.15 Å². The lowest BCUT2D eigenvalue weighted by molar-refractivity contribution is 0.0760. The Labute approximate surface area is 142 Å². The molecule has 0 aliphatic carbocycles. The zero-order valence-corrected chi connectivity index (χ0v) is 14.4. The molecule has 0 radical (unpaired) electrons. The lowest BCUT2D eigenvalue weighted by Gasteiger charge is -2.21. The fourth-order valence-electron chi connectivity index (χ4n) is 3.48. The third kappa shape index (κ3) is 3.84. The monoisotopic (exact) mass is 330 g/mol. The van der Waals surface area contributed by atoms with Crippen LogP contribution in [0.3, 0.4) is 0 Å². The number of pyridine rings is 1. The number of carbonyl (C=O) groups excluding carboxylic acids is 1. The highest BCUT2D eigenvalue weighted by molar-refractivity contribution is 6.29. The van der Waals surface area contributed by atoms with Crippen molar-refractivity contribution in [3.8, 4) is 0 Å². The van der Waals surface area contributed by atoms with E-state index in [9.17, 15) is 4.79 Å². The van der Waals surface area contributed by atoms with Gasteiger partial charge in [-0.15, -0.1) is 0 Å². The lowest BCUT2D eigenvalue weighted by atomic mass is 9.96. The topological polar surface area (TPSA) is 33.2 Å². The van der Waals surface area contributed by atoms with Gasteiger partial charge in [-0.25, -0.2) is 4.98 Å². The smallest absolute Gasteiger partial charge is 0.253 e. The van der Waals surface area contributed by atoms with E-state index in [2.05, 4.69) is 11.9 Å². The van der Waals surface area contributed by atoms with Crippen LogP contribution in [-0.2, 0) is 0 Å². The molecule has 3 rings (SSSR count). The highest BCUT2D eigenvalue weighted by atomic mass is 35.5. The normalized spacial score (nSPS) is 18.9. The number of hydrogen-bond donors (Lipinski definition) is 0. The van der Waals surface area contributed by atoms with Gasteiger partial charge in [-0.3, -0.25) is 4.79 Å². The second-order valence-electron chi connectivity index (χ2n) is 6.42. The lowest BCUT2D eigenvalue weighted by Crippen LogP contribution is -2.32. The van der Waals surface area contributed by atoms with Crippen molar-refractivity contribution in [1.82, 2.24) is 9.88 Å². The van der Waals surface area contributed by atoms with Crippen LogP contribution in [0.1, 0.15) is 49.4 Å². The van der Waals surface area contributed by atoms with Crippen molar-refractivity contribution in [2.45, 2.75) is 39.0 Å². The zero-order chi connectivity index (χ0) is 16.2. The van der Waals surface area contributed by atoms with Gasteiger partial charge in [0.1, 0.15) is 5.15 Å². The number of hydrogen-bond acceptors (Lipinski definition) is 2. The number of benzene rings is 1. The van der Waals surface area contributed by atoms with Crippen LogP contribution < -0.4 is 0 Å². The Balaban J connectivity index is 1.76. The van der Waals surface area contributed by atoms with Crippen LogP contribution >= 0.6 is 11.6 Å². The van der Waals surface area contributed by atoms with Crippen LogP contribution in [-0.4, -0.2) is 28.9 Å². The molecule has 1 atom stereocenters. The Bertz CT molecular complexity index is 701. The third-order valence-corrected chi connectivity index (χ3v) is 4.94. The molecule has 1 aliphatic heterocycles. The summed E-state index contributed by atoms with van der Waals surface area (Å²) >= 11 is 5.91. The molecule has 0 bridgehead atoms. The molecule has 122 valence electrons. The van der Waals surface area contributed by atoms with Crippen LogP contribution in [0.25, 0.3) is 10.9 Å². The second kappa shape index (κ2) is 7.31. The second-order valence-corrected chi connectivity index (χ2v) is 6.81. The van der Waals surface area contributed by atoms with E-state index in [0.717, 1.165) is 48.3 Å². The fraction of sp³-hybridized carbons (Fsp3) is 0.474. The van der Waals surface area contributed by atoms with E-state index in [-0.39, 0.29) is 5.91 Å². The predicted octanol–water partition coefficient (Wildman–Crippen LogP) is 4.93. The van der Waals surface area contributed by atoms with Crippen LogP contribution in [0.4, 0.5) is 0 Å². The van der Waals surface area contributed by atoms with Crippen LogP contribution in [0.5, 0.6) is 0 Å². The van der Waals surface area contributed by atoms with Crippen LogP contribution in [0.15, 0.2) is 30.3 Å². The first-order valence-corrected chi connectivity index (χ1v) is 8.90. The number of halogens is 1. The van der Waals surface area contributed by atoms with E-state index in [1.54, 1.807) is 6.07 Å². The molecule has 2 heterocycles. The largest absolute Gasteiger partial charge is 0.339 e. The Morgan fingerprint density at radius 3 is 2.96 bits per heavy atom. The van der Waals surface area contributed by atoms with Gasteiger partial charge in [-0.2, -0.15) is 0 Å². The summed E-state index contributed by atoms with van der Waals surface area (Å²) in [4.78, 5) is 19.1. The standard InChI is InChI=1S/C19H23ClN2O/c1-2-4-14-5-3-11-22(12-10-14)19(23)16-6-8-17-15(13-16)7-9-18(20)21-17/h6-9,13-14H,2-5,10-12H2,1H3. The molecule has 1 fully saturated rings. The highest BCUT2D eigenvalue weighted by Crippen LogP contribution is 2.24. The molecular weight excluding hydrogens is 308 g/mol. The summed E-state index contributed by atoms with van der Waals surface area (Å²) in [7, 11) is 0. The molecule has 2 aromatic rings. The van der Waals surface area contributed by atoms with Crippen molar-refractivity contribution in [2.24, 2.45) is 5.92 Å². The molecule has 0 saturated carbocycles. The highest BCUT2D eigenvalue weighted by Gasteiger charge is 2.21. The number of fused-ring (bicyclic) bond motifs is 1. The number of carbonyl (C=O) groups is 1. The van der Waals surface area contributed by atoms with E-state index < -0.39 is 0 Å². The van der Waals surface area contributed by atoms with Gasteiger partial charge in [0.25, 0.3) is 5.91 Å². The van der Waals surface area contributed by atoms with Gasteiger partial charge in [-0.1, -0.05) is 31.4 Å². The van der Waals surface area contributed by atoms with Crippen molar-refractivity contribution < 1.29 is 4.79 Å². The van der Waals surface area contributed by atoms with Gasteiger partial charge in [0.2, 0.25) is 0 Å². The van der Waals surface area contributed by atoms with Crippen molar-refractivity contribution in [2.75, 3.05) is 13.1 Å². The van der Waals surface area contributed by atoms with Gasteiger partial charge in [-0.05, 0) is 55.5 Å². The maximum Gasteiger partial charge on any atom is 0.253 e. The van der Waals surface area contributed by atoms with Crippen molar-refractivity contribution in [1.29, 1.82) is 0 Å². The first kappa shape index (κ1) is 16.3. The van der Waals surface area contributed by atoms with Gasteiger partial charge in [0.05, 0.1) is 5.52 Å². The molecular formula is C19H23ClN2O. The Hall–Kier alpha value is -1.61. The van der Waals surface area contributed by atoms with E-state index >= 15 is 0 Å². The zero-order valence-electron chi connectivity index (χ0n) is 13.6. The van der Waals surface area contributed by atoms with Crippen LogP contribution in [0, 0.1) is 5.92 Å². The summed E-state index contributed by atoms with van der Waals surface area (Å²) in [5.74, 6) is 0.916. The Kier molecular flexibility index (Phi) is 5.16. The summed E-state index contributed by atoms with van der Waals surface area (Å²) in [6.45, 7) is 3.99. The molecule has 4 heteroatoms. The molecule has 1 saturated heterocycles. The maximum absolute atomic E-state index is 12.8. The molecule has 23 heavy (non-hydrogen) atoms. The third-order valence-electron chi connectivity index (χ3n) is 4.73. The molecule has 3 nitrogen and oxygen atoms in total. The van der Waals surface area contributed by atoms with Gasteiger partial charge < -0.3 is 4.90 Å². The average molecular weight is 331 g/mol. The van der Waals surface area contributed by atoms with E-state index in [4.69, 9.17) is 11.6 Å².